The van der Waals surface area contributed by atoms with E-state index in [9.17, 15) is 5.11 Å². The molecule has 0 aromatic carbocycles. The van der Waals surface area contributed by atoms with Crippen LogP contribution >= 0.6 is 0 Å². The quantitative estimate of drug-likeness (QED) is 0.564. The summed E-state index contributed by atoms with van der Waals surface area (Å²) in [4.78, 5) is 4.10. The summed E-state index contributed by atoms with van der Waals surface area (Å²) in [6.45, 7) is 3.87. The number of aliphatic hydroxyl groups excluding tert-OH is 1. The van der Waals surface area contributed by atoms with E-state index in [2.05, 4.69) is 11.6 Å². The maximum atomic E-state index is 9.61. The molecule has 0 amide bonds. The van der Waals surface area contributed by atoms with Gasteiger partial charge in [-0.3, -0.25) is 0 Å². The van der Waals surface area contributed by atoms with E-state index in [0.29, 0.717) is 24.7 Å². The van der Waals surface area contributed by atoms with E-state index in [4.69, 9.17) is 15.2 Å². The van der Waals surface area contributed by atoms with E-state index in [1.165, 1.54) is 7.11 Å². The molecule has 0 spiro atoms. The van der Waals surface area contributed by atoms with Crippen molar-refractivity contribution in [2.45, 2.75) is 19.3 Å². The number of hydrogen-bond acceptors (Lipinski definition) is 5. The van der Waals surface area contributed by atoms with Crippen LogP contribution in [-0.4, -0.2) is 23.5 Å². The SMILES string of the molecule is C=C/C=C\CC(O)Oc1ccc(CN)c(OC)n1. The zero-order chi connectivity index (χ0) is 13.4. The minimum atomic E-state index is -0.956. The van der Waals surface area contributed by atoms with Crippen LogP contribution in [0, 0.1) is 0 Å². The van der Waals surface area contributed by atoms with Gasteiger partial charge >= 0.3 is 0 Å². The Morgan fingerprint density at radius 3 is 2.94 bits per heavy atom. The fourth-order valence-electron chi connectivity index (χ4n) is 1.33. The Labute approximate surface area is 107 Å². The third-order valence-electron chi connectivity index (χ3n) is 2.19. The van der Waals surface area contributed by atoms with Crippen LogP contribution in [0.2, 0.25) is 0 Å². The average molecular weight is 250 g/mol. The maximum absolute atomic E-state index is 9.61. The van der Waals surface area contributed by atoms with Gasteiger partial charge in [-0.05, 0) is 6.07 Å². The third kappa shape index (κ3) is 4.20. The van der Waals surface area contributed by atoms with Gasteiger partial charge in [-0.2, -0.15) is 4.98 Å². The molecular weight excluding hydrogens is 232 g/mol. The lowest BCUT2D eigenvalue weighted by Gasteiger charge is -2.12. The van der Waals surface area contributed by atoms with Crippen molar-refractivity contribution in [3.8, 4) is 11.8 Å². The number of aliphatic hydroxyl groups is 1. The number of rotatable bonds is 7. The van der Waals surface area contributed by atoms with Crippen molar-refractivity contribution >= 4 is 0 Å². The van der Waals surface area contributed by atoms with Gasteiger partial charge in [0.15, 0.2) is 0 Å². The van der Waals surface area contributed by atoms with Crippen LogP contribution in [-0.2, 0) is 6.54 Å². The number of aromatic nitrogens is 1. The lowest BCUT2D eigenvalue weighted by atomic mass is 10.3. The minimum Gasteiger partial charge on any atom is -0.481 e. The number of ether oxygens (including phenoxy) is 2. The molecule has 5 heteroatoms. The normalized spacial score (nSPS) is 12.4. The van der Waals surface area contributed by atoms with E-state index >= 15 is 0 Å². The molecule has 0 radical (unpaired) electrons. The van der Waals surface area contributed by atoms with Gasteiger partial charge in [-0.1, -0.05) is 24.8 Å². The highest BCUT2D eigenvalue weighted by molar-refractivity contribution is 5.30. The Balaban J connectivity index is 2.67. The Hall–Kier alpha value is -1.85. The summed E-state index contributed by atoms with van der Waals surface area (Å²) in [6, 6.07) is 3.40. The summed E-state index contributed by atoms with van der Waals surface area (Å²) in [7, 11) is 1.51. The largest absolute Gasteiger partial charge is 0.481 e. The summed E-state index contributed by atoms with van der Waals surface area (Å²) in [6.07, 6.45) is 4.52. The van der Waals surface area contributed by atoms with Gasteiger partial charge < -0.3 is 20.3 Å². The molecule has 18 heavy (non-hydrogen) atoms. The predicted octanol–water partition coefficient (Wildman–Crippen LogP) is 1.38. The van der Waals surface area contributed by atoms with Crippen LogP contribution in [0.3, 0.4) is 0 Å². The first-order valence-electron chi connectivity index (χ1n) is 5.57. The number of hydrogen-bond donors (Lipinski definition) is 2. The summed E-state index contributed by atoms with van der Waals surface area (Å²) in [5.41, 5.74) is 6.31. The van der Waals surface area contributed by atoms with Gasteiger partial charge in [-0.15, -0.1) is 0 Å². The molecule has 1 rings (SSSR count). The molecule has 1 atom stereocenters. The fourth-order valence-corrected chi connectivity index (χ4v) is 1.33. The topological polar surface area (TPSA) is 77.6 Å². The lowest BCUT2D eigenvalue weighted by molar-refractivity contribution is -0.0172. The summed E-state index contributed by atoms with van der Waals surface area (Å²) >= 11 is 0. The van der Waals surface area contributed by atoms with Crippen LogP contribution < -0.4 is 15.2 Å². The van der Waals surface area contributed by atoms with Crippen LogP contribution in [0.4, 0.5) is 0 Å². The van der Waals surface area contributed by atoms with E-state index in [-0.39, 0.29) is 0 Å². The Morgan fingerprint density at radius 2 is 2.33 bits per heavy atom. The van der Waals surface area contributed by atoms with Gasteiger partial charge in [0.2, 0.25) is 18.1 Å². The molecule has 98 valence electrons. The number of allylic oxidation sites excluding steroid dienone is 2. The molecule has 0 aliphatic heterocycles. The number of methoxy groups -OCH3 is 1. The van der Waals surface area contributed by atoms with E-state index in [0.717, 1.165) is 5.56 Å². The van der Waals surface area contributed by atoms with Crippen molar-refractivity contribution in [3.63, 3.8) is 0 Å². The highest BCUT2D eigenvalue weighted by Gasteiger charge is 2.09. The van der Waals surface area contributed by atoms with Gasteiger partial charge in [0, 0.05) is 24.6 Å². The molecule has 0 fully saturated rings. The highest BCUT2D eigenvalue weighted by atomic mass is 16.6. The molecule has 0 aliphatic rings. The van der Waals surface area contributed by atoms with Crippen LogP contribution in [0.1, 0.15) is 12.0 Å². The molecule has 0 aliphatic carbocycles. The van der Waals surface area contributed by atoms with Gasteiger partial charge in [0.1, 0.15) is 0 Å². The van der Waals surface area contributed by atoms with Crippen LogP contribution in [0.15, 0.2) is 36.9 Å². The predicted molar refractivity (Wildman–Crippen MR) is 69.3 cm³/mol. The van der Waals surface area contributed by atoms with E-state index in [1.54, 1.807) is 30.4 Å². The highest BCUT2D eigenvalue weighted by Crippen LogP contribution is 2.20. The Bertz CT molecular complexity index is 419. The third-order valence-corrected chi connectivity index (χ3v) is 2.19. The zero-order valence-electron chi connectivity index (χ0n) is 10.4. The van der Waals surface area contributed by atoms with Crippen molar-refractivity contribution < 1.29 is 14.6 Å². The first-order chi connectivity index (χ1) is 8.71. The summed E-state index contributed by atoms with van der Waals surface area (Å²) in [5, 5.41) is 9.61. The van der Waals surface area contributed by atoms with Crippen LogP contribution in [0.25, 0.3) is 0 Å². The zero-order valence-corrected chi connectivity index (χ0v) is 10.4. The standard InChI is InChI=1S/C13H18N2O3/c1-3-4-5-6-12(16)18-11-8-7-10(9-14)13(15-11)17-2/h3-5,7-8,12,16H,1,6,9,14H2,2H3/b5-4-. The first-order valence-corrected chi connectivity index (χ1v) is 5.57. The van der Waals surface area contributed by atoms with E-state index < -0.39 is 6.29 Å². The minimum absolute atomic E-state index is 0.295. The molecular formula is C13H18N2O3. The number of pyridine rings is 1. The fraction of sp³-hybridized carbons (Fsp3) is 0.308. The summed E-state index contributed by atoms with van der Waals surface area (Å²) < 4.78 is 10.3. The average Bonchev–Trinajstić information content (AvgIpc) is 2.39. The lowest BCUT2D eigenvalue weighted by Crippen LogP contribution is -2.15. The van der Waals surface area contributed by atoms with Gasteiger partial charge in [0.05, 0.1) is 7.11 Å². The number of nitrogens with two attached hydrogens (primary N) is 1. The van der Waals surface area contributed by atoms with Crippen LogP contribution in [0.5, 0.6) is 11.8 Å². The van der Waals surface area contributed by atoms with Gasteiger partial charge in [0.25, 0.3) is 0 Å². The molecule has 1 aromatic heterocycles. The molecule has 0 bridgehead atoms. The number of nitrogens with zero attached hydrogens (tertiary/aromatic N) is 1. The second-order valence-electron chi connectivity index (χ2n) is 3.49. The summed E-state index contributed by atoms with van der Waals surface area (Å²) in [5.74, 6) is 0.701. The van der Waals surface area contributed by atoms with Gasteiger partial charge in [-0.25, -0.2) is 0 Å². The molecule has 0 saturated carbocycles. The molecule has 0 saturated heterocycles. The second-order valence-corrected chi connectivity index (χ2v) is 3.49. The molecule has 1 aromatic rings. The smallest absolute Gasteiger partial charge is 0.220 e. The molecule has 1 unspecified atom stereocenters. The second kappa shape index (κ2) is 7.47. The van der Waals surface area contributed by atoms with Crippen molar-refractivity contribution in [1.82, 2.24) is 4.98 Å². The Kier molecular flexibility index (Phi) is 5.90. The first kappa shape index (κ1) is 14.2. The van der Waals surface area contributed by atoms with Crippen molar-refractivity contribution in [2.24, 2.45) is 5.73 Å². The van der Waals surface area contributed by atoms with Crippen molar-refractivity contribution in [3.05, 3.63) is 42.5 Å². The van der Waals surface area contributed by atoms with E-state index in [1.807, 2.05) is 0 Å². The Morgan fingerprint density at radius 1 is 1.56 bits per heavy atom. The molecule has 1 heterocycles. The monoisotopic (exact) mass is 250 g/mol. The molecule has 5 nitrogen and oxygen atoms in total. The van der Waals surface area contributed by atoms with Crippen molar-refractivity contribution in [2.75, 3.05) is 7.11 Å². The maximum Gasteiger partial charge on any atom is 0.220 e. The van der Waals surface area contributed by atoms with Crippen molar-refractivity contribution in [1.29, 1.82) is 0 Å². The molecule has 3 N–H and O–H groups in total.